The Morgan fingerprint density at radius 2 is 1.86 bits per heavy atom. The van der Waals surface area contributed by atoms with Crippen molar-refractivity contribution in [3.63, 3.8) is 0 Å². The molecular formula is C21H25ClN5S+. The Morgan fingerprint density at radius 3 is 2.57 bits per heavy atom. The Kier molecular flexibility index (Phi) is 5.53. The normalized spacial score (nSPS) is 15.2. The Bertz CT molecular complexity index is 1030. The van der Waals surface area contributed by atoms with Crippen molar-refractivity contribution in [3.8, 4) is 11.4 Å². The summed E-state index contributed by atoms with van der Waals surface area (Å²) in [5.41, 5.74) is 3.54. The van der Waals surface area contributed by atoms with Gasteiger partial charge in [0.25, 0.3) is 0 Å². The van der Waals surface area contributed by atoms with Gasteiger partial charge >= 0.3 is 0 Å². The summed E-state index contributed by atoms with van der Waals surface area (Å²) in [7, 11) is 2.00. The number of nitrogens with zero attached hydrogens (tertiary/aromatic N) is 4. The van der Waals surface area contributed by atoms with Crippen molar-refractivity contribution in [2.24, 2.45) is 7.05 Å². The second-order valence-electron chi connectivity index (χ2n) is 7.35. The first-order valence-corrected chi connectivity index (χ1v) is 10.4. The zero-order valence-electron chi connectivity index (χ0n) is 16.2. The Hall–Kier alpha value is -2.15. The summed E-state index contributed by atoms with van der Waals surface area (Å²) in [5.74, 6) is 0.931. The van der Waals surface area contributed by atoms with Gasteiger partial charge in [-0.25, -0.2) is 0 Å². The summed E-state index contributed by atoms with van der Waals surface area (Å²) < 4.78 is 4.75. The molecule has 0 radical (unpaired) electrons. The fourth-order valence-electron chi connectivity index (χ4n) is 3.77. The van der Waals surface area contributed by atoms with Crippen LogP contribution in [-0.2, 0) is 13.7 Å². The molecule has 7 heteroatoms. The van der Waals surface area contributed by atoms with Crippen molar-refractivity contribution >= 4 is 29.5 Å². The fraction of sp³-hybridized carbons (Fsp3) is 0.333. The average Bonchev–Trinajstić information content (AvgIpc) is 2.97. The van der Waals surface area contributed by atoms with Gasteiger partial charge in [-0.3, -0.25) is 0 Å². The Morgan fingerprint density at radius 1 is 1.11 bits per heavy atom. The maximum absolute atomic E-state index is 6.14. The summed E-state index contributed by atoms with van der Waals surface area (Å²) in [6.45, 7) is 7.00. The highest BCUT2D eigenvalue weighted by Gasteiger charge is 2.22. The van der Waals surface area contributed by atoms with Gasteiger partial charge in [0.05, 0.1) is 26.2 Å². The second kappa shape index (κ2) is 8.07. The minimum absolute atomic E-state index is 0.767. The monoisotopic (exact) mass is 414 g/mol. The number of halogens is 1. The lowest BCUT2D eigenvalue weighted by atomic mass is 10.1. The lowest BCUT2D eigenvalue weighted by Gasteiger charge is -2.33. The Balaban J connectivity index is 1.47. The molecule has 1 fully saturated rings. The van der Waals surface area contributed by atoms with Crippen LogP contribution in [0, 0.1) is 11.7 Å². The molecule has 1 aliphatic heterocycles. The third-order valence-electron chi connectivity index (χ3n) is 5.44. The third-order valence-corrected chi connectivity index (χ3v) is 6.16. The van der Waals surface area contributed by atoms with E-state index in [1.165, 1.54) is 16.2 Å². The molecule has 1 aliphatic rings. The molecule has 0 spiro atoms. The summed E-state index contributed by atoms with van der Waals surface area (Å²) in [6, 6.07) is 16.4. The van der Waals surface area contributed by atoms with Crippen LogP contribution in [0.2, 0.25) is 5.02 Å². The van der Waals surface area contributed by atoms with Crippen LogP contribution >= 0.6 is 23.8 Å². The molecule has 0 aliphatic carbocycles. The van der Waals surface area contributed by atoms with Gasteiger partial charge in [-0.05, 0) is 42.9 Å². The number of quaternary nitrogens is 1. The van der Waals surface area contributed by atoms with Crippen LogP contribution in [0.3, 0.4) is 0 Å². The minimum atomic E-state index is 0.767. The quantitative estimate of drug-likeness (QED) is 0.666. The van der Waals surface area contributed by atoms with Gasteiger partial charge in [0.15, 0.2) is 12.5 Å². The molecule has 1 saturated heterocycles. The number of aromatic nitrogens is 3. The van der Waals surface area contributed by atoms with Gasteiger partial charge in [0, 0.05) is 23.3 Å². The molecule has 5 nitrogen and oxygen atoms in total. The summed E-state index contributed by atoms with van der Waals surface area (Å²) in [5, 5.41) is 5.63. The third kappa shape index (κ3) is 3.85. The molecule has 3 aromatic rings. The molecule has 0 amide bonds. The van der Waals surface area contributed by atoms with Crippen LogP contribution in [0.1, 0.15) is 5.56 Å². The zero-order chi connectivity index (χ0) is 19.7. The van der Waals surface area contributed by atoms with E-state index in [0.29, 0.717) is 0 Å². The van der Waals surface area contributed by atoms with Crippen molar-refractivity contribution in [3.05, 3.63) is 63.9 Å². The van der Waals surface area contributed by atoms with Crippen LogP contribution in [0.4, 0.5) is 5.69 Å². The number of hydrogen-bond acceptors (Lipinski definition) is 3. The van der Waals surface area contributed by atoms with E-state index >= 15 is 0 Å². The van der Waals surface area contributed by atoms with E-state index < -0.39 is 0 Å². The van der Waals surface area contributed by atoms with Crippen LogP contribution in [0.25, 0.3) is 11.4 Å². The molecule has 4 rings (SSSR count). The molecular weight excluding hydrogens is 390 g/mol. The summed E-state index contributed by atoms with van der Waals surface area (Å²) in [6.07, 6.45) is 0. The first-order valence-electron chi connectivity index (χ1n) is 9.57. The van der Waals surface area contributed by atoms with Gasteiger partial charge in [0.1, 0.15) is 0 Å². The smallest absolute Gasteiger partial charge is 0.202 e. The van der Waals surface area contributed by atoms with Gasteiger partial charge in [-0.15, -0.1) is 5.10 Å². The maximum Gasteiger partial charge on any atom is 0.202 e. The first kappa shape index (κ1) is 19.2. The molecule has 28 heavy (non-hydrogen) atoms. The molecule has 1 aromatic heterocycles. The fourth-order valence-corrected chi connectivity index (χ4v) is 4.15. The highest BCUT2D eigenvalue weighted by Crippen LogP contribution is 2.21. The van der Waals surface area contributed by atoms with E-state index in [-0.39, 0.29) is 0 Å². The summed E-state index contributed by atoms with van der Waals surface area (Å²) in [4.78, 5) is 3.88. The minimum Gasteiger partial charge on any atom is -0.360 e. The van der Waals surface area contributed by atoms with Crippen molar-refractivity contribution in [2.45, 2.75) is 13.6 Å². The largest absolute Gasteiger partial charge is 0.360 e. The topological polar surface area (TPSA) is 30.4 Å². The van der Waals surface area contributed by atoms with Gasteiger partial charge in [-0.1, -0.05) is 41.9 Å². The molecule has 1 N–H and O–H groups in total. The highest BCUT2D eigenvalue weighted by molar-refractivity contribution is 7.71. The van der Waals surface area contributed by atoms with Crippen LogP contribution in [-0.4, -0.2) is 40.5 Å². The Labute approximate surface area is 175 Å². The predicted octanol–water partition coefficient (Wildman–Crippen LogP) is 2.94. The second-order valence-corrected chi connectivity index (χ2v) is 8.16. The first-order chi connectivity index (χ1) is 13.5. The van der Waals surface area contributed by atoms with E-state index in [1.54, 1.807) is 0 Å². The van der Waals surface area contributed by atoms with E-state index in [2.05, 4.69) is 30.0 Å². The van der Waals surface area contributed by atoms with Crippen LogP contribution in [0.15, 0.2) is 48.5 Å². The molecule has 2 aromatic carbocycles. The molecule has 0 unspecified atom stereocenters. The highest BCUT2D eigenvalue weighted by atomic mass is 35.5. The number of anilines is 1. The molecule has 0 bridgehead atoms. The number of rotatable bonds is 4. The van der Waals surface area contributed by atoms with E-state index in [9.17, 15) is 0 Å². The number of hydrogen-bond donors (Lipinski definition) is 1. The molecule has 146 valence electrons. The van der Waals surface area contributed by atoms with Crippen molar-refractivity contribution in [1.29, 1.82) is 0 Å². The number of nitrogens with one attached hydrogen (secondary N) is 1. The zero-order valence-corrected chi connectivity index (χ0v) is 17.8. The SMILES string of the molecule is Cc1ccccc1-c1nn(C[NH+]2CCN(c3cccc(Cl)c3)CC2)c(=S)n1C. The van der Waals surface area contributed by atoms with Crippen molar-refractivity contribution < 1.29 is 4.90 Å². The van der Waals surface area contributed by atoms with E-state index in [4.69, 9.17) is 28.9 Å². The van der Waals surface area contributed by atoms with Crippen molar-refractivity contribution in [2.75, 3.05) is 31.1 Å². The average molecular weight is 415 g/mol. The number of aryl methyl sites for hydroxylation is 1. The number of piperazine rings is 1. The molecule has 2 heterocycles. The van der Waals surface area contributed by atoms with Gasteiger partial charge < -0.3 is 14.4 Å². The van der Waals surface area contributed by atoms with Crippen LogP contribution < -0.4 is 9.80 Å². The van der Waals surface area contributed by atoms with Crippen molar-refractivity contribution in [1.82, 2.24) is 14.3 Å². The summed E-state index contributed by atoms with van der Waals surface area (Å²) >= 11 is 11.8. The molecule has 0 atom stereocenters. The van der Waals surface area contributed by atoms with E-state index in [0.717, 1.165) is 54.0 Å². The standard InChI is InChI=1S/C21H24ClN5S/c1-16-6-3-4-9-19(16)20-23-27(21(28)24(20)2)15-25-10-12-26(13-11-25)18-8-5-7-17(22)14-18/h3-9,14H,10-13,15H2,1-2H3/p+1. The maximum atomic E-state index is 6.14. The predicted molar refractivity (Wildman–Crippen MR) is 117 cm³/mol. The molecule has 0 saturated carbocycles. The number of benzene rings is 2. The lowest BCUT2D eigenvalue weighted by molar-refractivity contribution is -0.924. The van der Waals surface area contributed by atoms with E-state index in [1.807, 2.05) is 46.6 Å². The lowest BCUT2D eigenvalue weighted by Crippen LogP contribution is -3.14. The van der Waals surface area contributed by atoms with Gasteiger partial charge in [0.2, 0.25) is 4.77 Å². The van der Waals surface area contributed by atoms with Gasteiger partial charge in [-0.2, -0.15) is 4.68 Å². The van der Waals surface area contributed by atoms with Crippen LogP contribution in [0.5, 0.6) is 0 Å².